The van der Waals surface area contributed by atoms with Crippen LogP contribution in [-0.4, -0.2) is 50.0 Å². The summed E-state index contributed by atoms with van der Waals surface area (Å²) in [5, 5.41) is 11.7. The summed E-state index contributed by atoms with van der Waals surface area (Å²) in [6.07, 6.45) is 2.14. The number of furan rings is 1. The van der Waals surface area contributed by atoms with Gasteiger partial charge >= 0.3 is 6.03 Å². The first kappa shape index (κ1) is 23.9. The van der Waals surface area contributed by atoms with E-state index in [0.717, 1.165) is 16.7 Å². The van der Waals surface area contributed by atoms with E-state index in [1.165, 1.54) is 5.01 Å². The number of rotatable bonds is 6. The van der Waals surface area contributed by atoms with Crippen molar-refractivity contribution in [2.24, 2.45) is 5.10 Å². The molecule has 3 aromatic rings. The number of amides is 3. The molecule has 182 valence electrons. The van der Waals surface area contributed by atoms with Gasteiger partial charge in [-0.3, -0.25) is 4.79 Å². The zero-order chi connectivity index (χ0) is 24.9. The average Bonchev–Trinajstić information content (AvgIpc) is 3.36. The number of hydrogen-bond acceptors (Lipinski definition) is 6. The molecule has 2 aromatic carbocycles. The summed E-state index contributed by atoms with van der Waals surface area (Å²) in [6, 6.07) is 14.0. The Kier molecular flexibility index (Phi) is 7.05. The van der Waals surface area contributed by atoms with Crippen LogP contribution in [-0.2, 0) is 13.0 Å². The van der Waals surface area contributed by atoms with E-state index in [-0.39, 0.29) is 18.0 Å². The molecule has 0 spiro atoms. The predicted molar refractivity (Wildman–Crippen MR) is 131 cm³/mol. The lowest BCUT2D eigenvalue weighted by atomic mass is 9.93. The second-order valence-electron chi connectivity index (χ2n) is 8.11. The minimum absolute atomic E-state index is 0.198. The van der Waals surface area contributed by atoms with Crippen LogP contribution in [0.15, 0.2) is 64.3 Å². The number of fused-ring (bicyclic) bond motifs is 1. The van der Waals surface area contributed by atoms with E-state index in [4.69, 9.17) is 19.0 Å². The molecule has 3 amide bonds. The van der Waals surface area contributed by atoms with Crippen LogP contribution in [0.1, 0.15) is 39.7 Å². The molecular formula is C26H28N4O5. The maximum absolute atomic E-state index is 12.6. The van der Waals surface area contributed by atoms with Crippen molar-refractivity contribution in [3.63, 3.8) is 0 Å². The van der Waals surface area contributed by atoms with Crippen molar-refractivity contribution in [3.8, 4) is 11.5 Å². The van der Waals surface area contributed by atoms with E-state index in [9.17, 15) is 9.59 Å². The molecule has 9 heteroatoms. The van der Waals surface area contributed by atoms with Gasteiger partial charge in [0.25, 0.3) is 5.91 Å². The highest BCUT2D eigenvalue weighted by atomic mass is 16.5. The monoisotopic (exact) mass is 476 g/mol. The van der Waals surface area contributed by atoms with Gasteiger partial charge in [-0.2, -0.15) is 5.10 Å². The number of carbonyl (C=O) groups is 2. The third kappa shape index (κ3) is 4.98. The number of benzene rings is 2. The van der Waals surface area contributed by atoms with Gasteiger partial charge in [-0.1, -0.05) is 12.1 Å². The molecule has 1 atom stereocenters. The zero-order valence-corrected chi connectivity index (χ0v) is 20.1. The molecule has 0 radical (unpaired) electrons. The lowest BCUT2D eigenvalue weighted by molar-refractivity contribution is 0.0948. The first-order valence-electron chi connectivity index (χ1n) is 11.2. The topological polar surface area (TPSA) is 105 Å². The summed E-state index contributed by atoms with van der Waals surface area (Å²) < 4.78 is 16.3. The van der Waals surface area contributed by atoms with Crippen LogP contribution in [0.25, 0.3) is 0 Å². The largest absolute Gasteiger partial charge is 0.493 e. The smallest absolute Gasteiger partial charge is 0.337 e. The Labute approximate surface area is 203 Å². The zero-order valence-electron chi connectivity index (χ0n) is 20.1. The van der Waals surface area contributed by atoms with Crippen LogP contribution in [0, 0.1) is 0 Å². The van der Waals surface area contributed by atoms with Crippen molar-refractivity contribution >= 4 is 17.6 Å². The minimum atomic E-state index is -0.310. The second-order valence-corrected chi connectivity index (χ2v) is 8.11. The van der Waals surface area contributed by atoms with Gasteiger partial charge in [0, 0.05) is 23.7 Å². The Morgan fingerprint density at radius 3 is 2.46 bits per heavy atom. The van der Waals surface area contributed by atoms with Gasteiger partial charge in [0.05, 0.1) is 38.8 Å². The van der Waals surface area contributed by atoms with Gasteiger partial charge in [0.1, 0.15) is 5.76 Å². The Balaban J connectivity index is 1.71. The number of nitrogens with zero attached hydrogens (tertiary/aromatic N) is 2. The van der Waals surface area contributed by atoms with E-state index in [1.54, 1.807) is 51.8 Å². The van der Waals surface area contributed by atoms with Gasteiger partial charge in [0.2, 0.25) is 0 Å². The third-order valence-corrected chi connectivity index (χ3v) is 5.85. The van der Waals surface area contributed by atoms with Gasteiger partial charge in [-0.05, 0) is 55.3 Å². The number of hydrazone groups is 1. The standard InChI is InChI=1S/C26H28N4O5/c1-16-12-19-13-22(33-3)23(34-4)14-21(19)24(29-30(16)26(32)27-2)17-7-9-18(10-8-17)25(31)28-15-20-6-5-11-35-20/h5-11,13-14,16H,12,15H2,1-4H3,(H,27,32)(H,28,31). The van der Waals surface area contributed by atoms with Gasteiger partial charge in [0.15, 0.2) is 11.5 Å². The van der Waals surface area contributed by atoms with Gasteiger partial charge in [-0.25, -0.2) is 9.80 Å². The number of ether oxygens (including phenoxy) is 2. The highest BCUT2D eigenvalue weighted by Gasteiger charge is 2.28. The normalized spacial score (nSPS) is 14.9. The van der Waals surface area contributed by atoms with Crippen molar-refractivity contribution < 1.29 is 23.5 Å². The van der Waals surface area contributed by atoms with Crippen molar-refractivity contribution in [1.29, 1.82) is 0 Å². The molecule has 0 fully saturated rings. The van der Waals surface area contributed by atoms with Crippen LogP contribution in [0.5, 0.6) is 11.5 Å². The fourth-order valence-corrected chi connectivity index (χ4v) is 4.01. The molecule has 1 aliphatic heterocycles. The summed E-state index contributed by atoms with van der Waals surface area (Å²) >= 11 is 0. The van der Waals surface area contributed by atoms with Crippen LogP contribution < -0.4 is 20.1 Å². The van der Waals surface area contributed by atoms with E-state index in [1.807, 2.05) is 31.2 Å². The first-order chi connectivity index (χ1) is 16.9. The molecule has 1 unspecified atom stereocenters. The fraction of sp³-hybridized carbons (Fsp3) is 0.269. The lowest BCUT2D eigenvalue weighted by Crippen LogP contribution is -2.41. The molecule has 1 aliphatic rings. The summed E-state index contributed by atoms with van der Waals surface area (Å²) in [5.41, 5.74) is 3.65. The molecule has 35 heavy (non-hydrogen) atoms. The average molecular weight is 477 g/mol. The summed E-state index contributed by atoms with van der Waals surface area (Å²) in [5.74, 6) is 1.62. The van der Waals surface area contributed by atoms with E-state index in [2.05, 4.69) is 10.6 Å². The third-order valence-electron chi connectivity index (χ3n) is 5.85. The summed E-state index contributed by atoms with van der Waals surface area (Å²) in [7, 11) is 4.74. The number of hydrogen-bond donors (Lipinski definition) is 2. The highest BCUT2D eigenvalue weighted by molar-refractivity contribution is 6.15. The van der Waals surface area contributed by atoms with Crippen molar-refractivity contribution in [1.82, 2.24) is 15.6 Å². The Bertz CT molecular complexity index is 1240. The Hall–Kier alpha value is -4.27. The van der Waals surface area contributed by atoms with Crippen LogP contribution >= 0.6 is 0 Å². The van der Waals surface area contributed by atoms with Crippen LogP contribution in [0.4, 0.5) is 4.79 Å². The number of carbonyl (C=O) groups excluding carboxylic acids is 2. The van der Waals surface area contributed by atoms with E-state index in [0.29, 0.717) is 41.5 Å². The Morgan fingerprint density at radius 1 is 1.11 bits per heavy atom. The quantitative estimate of drug-likeness (QED) is 0.566. The van der Waals surface area contributed by atoms with E-state index < -0.39 is 0 Å². The van der Waals surface area contributed by atoms with Crippen molar-refractivity contribution in [2.75, 3.05) is 21.3 Å². The Morgan fingerprint density at radius 2 is 1.83 bits per heavy atom. The number of urea groups is 1. The molecule has 2 heterocycles. The SMILES string of the molecule is CNC(=O)N1N=C(c2ccc(C(=O)NCc3ccco3)cc2)c2cc(OC)c(OC)cc2CC1C. The van der Waals surface area contributed by atoms with Crippen molar-refractivity contribution in [2.45, 2.75) is 25.9 Å². The number of methoxy groups -OCH3 is 2. The maximum atomic E-state index is 12.6. The maximum Gasteiger partial charge on any atom is 0.337 e. The minimum Gasteiger partial charge on any atom is -0.493 e. The molecule has 0 saturated carbocycles. The van der Waals surface area contributed by atoms with Crippen LogP contribution in [0.3, 0.4) is 0 Å². The molecule has 2 N–H and O–H groups in total. The predicted octanol–water partition coefficient (Wildman–Crippen LogP) is 3.57. The highest BCUT2D eigenvalue weighted by Crippen LogP contribution is 2.34. The molecule has 1 aromatic heterocycles. The van der Waals surface area contributed by atoms with Crippen molar-refractivity contribution in [3.05, 3.63) is 82.8 Å². The molecule has 9 nitrogen and oxygen atoms in total. The number of nitrogens with one attached hydrogen (secondary N) is 2. The first-order valence-corrected chi connectivity index (χ1v) is 11.2. The van der Waals surface area contributed by atoms with E-state index >= 15 is 0 Å². The lowest BCUT2D eigenvalue weighted by Gasteiger charge is -2.22. The summed E-state index contributed by atoms with van der Waals surface area (Å²) in [4.78, 5) is 25.2. The molecule has 0 aliphatic carbocycles. The van der Waals surface area contributed by atoms with Gasteiger partial charge < -0.3 is 24.5 Å². The molecular weight excluding hydrogens is 448 g/mol. The molecule has 0 saturated heterocycles. The fourth-order valence-electron chi connectivity index (χ4n) is 4.01. The molecule has 0 bridgehead atoms. The summed E-state index contributed by atoms with van der Waals surface area (Å²) in [6.45, 7) is 2.24. The second kappa shape index (κ2) is 10.3. The molecule has 4 rings (SSSR count). The van der Waals surface area contributed by atoms with Gasteiger partial charge in [-0.15, -0.1) is 0 Å². The van der Waals surface area contributed by atoms with Crippen LogP contribution in [0.2, 0.25) is 0 Å².